The molecule has 50 valence electrons. The van der Waals surface area contributed by atoms with Gasteiger partial charge >= 0.3 is 0 Å². The first kappa shape index (κ1) is 6.66. The van der Waals surface area contributed by atoms with Crippen molar-refractivity contribution in [2.75, 3.05) is 5.73 Å². The fraction of sp³-hybridized carbons (Fsp3) is 0. The number of nitrogen functional groups attached to an aromatic ring is 1. The minimum atomic E-state index is -0.715. The Hall–Kier alpha value is -0.460. The largest absolute Gasteiger partial charge is 0.424 e. The molecule has 0 amide bonds. The second-order valence-corrected chi connectivity index (χ2v) is 2.68. The van der Waals surface area contributed by atoms with E-state index < -0.39 is 5.95 Å². The molecule has 1 aromatic rings. The molecule has 0 radical (unpaired) electrons. The summed E-state index contributed by atoms with van der Waals surface area (Å²) in [6.45, 7) is 0. The summed E-state index contributed by atoms with van der Waals surface area (Å²) in [6, 6.07) is 1.34. The summed E-state index contributed by atoms with van der Waals surface area (Å²) in [5.74, 6) is -0.704. The Morgan fingerprint density at radius 2 is 2.33 bits per heavy atom. The van der Waals surface area contributed by atoms with Crippen LogP contribution in [0.4, 0.5) is 10.2 Å². The Morgan fingerprint density at radius 1 is 1.78 bits per heavy atom. The number of nitrogens with zero attached hydrogens (tertiary/aromatic N) is 1. The fourth-order valence-corrected chi connectivity index (χ4v) is 1.01. The zero-order valence-corrected chi connectivity index (χ0v) is 6.46. The maximum Gasteiger partial charge on any atom is 0.242 e. The van der Waals surface area contributed by atoms with E-state index in [-0.39, 0.29) is 5.82 Å². The lowest BCUT2D eigenvalue weighted by atomic mass is 10.6. The molecule has 3 N–H and O–H groups in total. The van der Waals surface area contributed by atoms with Crippen molar-refractivity contribution in [2.45, 2.75) is 0 Å². The first-order chi connectivity index (χ1) is 4.13. The Labute approximate surface area is 64.4 Å². The maximum atomic E-state index is 12.4. The SMILES string of the molecule is Nc1cc(I)c(F)n1O. The molecule has 0 unspecified atom stereocenters. The van der Waals surface area contributed by atoms with Crippen LogP contribution in [0.5, 0.6) is 0 Å². The van der Waals surface area contributed by atoms with Gasteiger partial charge in [0.2, 0.25) is 5.95 Å². The molecule has 0 saturated heterocycles. The third-order valence-corrected chi connectivity index (χ3v) is 1.66. The lowest BCUT2D eigenvalue weighted by Gasteiger charge is -1.91. The molecule has 0 aliphatic carbocycles. The van der Waals surface area contributed by atoms with E-state index in [1.807, 2.05) is 0 Å². The number of hydrogen-bond acceptors (Lipinski definition) is 2. The van der Waals surface area contributed by atoms with Crippen LogP contribution < -0.4 is 5.73 Å². The van der Waals surface area contributed by atoms with E-state index in [1.54, 1.807) is 22.6 Å². The summed E-state index contributed by atoms with van der Waals surface area (Å²) in [4.78, 5) is 0. The second-order valence-electron chi connectivity index (χ2n) is 1.52. The molecule has 0 aromatic carbocycles. The van der Waals surface area contributed by atoms with Crippen LogP contribution in [0.1, 0.15) is 0 Å². The third-order valence-electron chi connectivity index (χ3n) is 0.902. The molecule has 0 spiro atoms. The summed E-state index contributed by atoms with van der Waals surface area (Å²) in [7, 11) is 0. The fourth-order valence-electron chi connectivity index (χ4n) is 0.465. The van der Waals surface area contributed by atoms with Gasteiger partial charge in [0.25, 0.3) is 0 Å². The molecule has 0 aliphatic heterocycles. The highest BCUT2D eigenvalue weighted by Crippen LogP contribution is 2.15. The number of halogens is 2. The van der Waals surface area contributed by atoms with Crippen molar-refractivity contribution in [3.8, 4) is 0 Å². The molecule has 0 bridgehead atoms. The van der Waals surface area contributed by atoms with E-state index in [1.165, 1.54) is 6.07 Å². The van der Waals surface area contributed by atoms with Crippen molar-refractivity contribution in [3.05, 3.63) is 15.6 Å². The molecule has 5 heteroatoms. The first-order valence-electron chi connectivity index (χ1n) is 2.14. The van der Waals surface area contributed by atoms with Crippen molar-refractivity contribution >= 4 is 28.4 Å². The topological polar surface area (TPSA) is 51.2 Å². The van der Waals surface area contributed by atoms with Crippen LogP contribution in [0, 0.1) is 9.52 Å². The van der Waals surface area contributed by atoms with Gasteiger partial charge in [0, 0.05) is 0 Å². The van der Waals surface area contributed by atoms with Crippen molar-refractivity contribution in [2.24, 2.45) is 0 Å². The lowest BCUT2D eigenvalue weighted by molar-refractivity contribution is 0.154. The highest BCUT2D eigenvalue weighted by Gasteiger charge is 2.08. The van der Waals surface area contributed by atoms with E-state index in [9.17, 15) is 4.39 Å². The van der Waals surface area contributed by atoms with Gasteiger partial charge in [0.05, 0.1) is 3.57 Å². The Bertz CT molecular complexity index is 212. The van der Waals surface area contributed by atoms with E-state index in [0.29, 0.717) is 8.30 Å². The Kier molecular flexibility index (Phi) is 1.52. The van der Waals surface area contributed by atoms with Gasteiger partial charge in [-0.1, -0.05) is 0 Å². The summed E-state index contributed by atoms with van der Waals surface area (Å²) in [5.41, 5.74) is 5.11. The van der Waals surface area contributed by atoms with Crippen LogP contribution in [0.2, 0.25) is 0 Å². The molecule has 0 aliphatic rings. The highest BCUT2D eigenvalue weighted by atomic mass is 127. The second kappa shape index (κ2) is 2.05. The van der Waals surface area contributed by atoms with Crippen LogP contribution >= 0.6 is 22.6 Å². The number of aromatic nitrogens is 1. The van der Waals surface area contributed by atoms with E-state index in [4.69, 9.17) is 10.9 Å². The first-order valence-corrected chi connectivity index (χ1v) is 3.22. The minimum Gasteiger partial charge on any atom is -0.424 e. The van der Waals surface area contributed by atoms with E-state index in [0.717, 1.165) is 0 Å². The summed E-state index contributed by atoms with van der Waals surface area (Å²) in [6.07, 6.45) is 0. The maximum absolute atomic E-state index is 12.4. The predicted octanol–water partition coefficient (Wildman–Crippen LogP) is 1.05. The van der Waals surface area contributed by atoms with Crippen LogP contribution in [0.25, 0.3) is 0 Å². The van der Waals surface area contributed by atoms with Gasteiger partial charge in [-0.15, -0.1) is 4.73 Å². The summed E-state index contributed by atoms with van der Waals surface area (Å²) >= 11 is 1.73. The monoisotopic (exact) mass is 242 g/mol. The molecule has 3 nitrogen and oxygen atoms in total. The van der Waals surface area contributed by atoms with Gasteiger partial charge in [-0.25, -0.2) is 0 Å². The third kappa shape index (κ3) is 0.958. The number of nitrogens with two attached hydrogens (primary N) is 1. The molecular formula is C4H4FIN2O. The highest BCUT2D eigenvalue weighted by molar-refractivity contribution is 14.1. The van der Waals surface area contributed by atoms with E-state index >= 15 is 0 Å². The number of rotatable bonds is 0. The molecule has 0 atom stereocenters. The van der Waals surface area contributed by atoms with Gasteiger partial charge in [0.15, 0.2) is 0 Å². The average Bonchev–Trinajstić information content (AvgIpc) is 1.98. The van der Waals surface area contributed by atoms with Crippen molar-refractivity contribution in [1.82, 2.24) is 4.73 Å². The minimum absolute atomic E-state index is 0.0110. The summed E-state index contributed by atoms with van der Waals surface area (Å²) in [5, 5.41) is 8.64. The predicted molar refractivity (Wildman–Crippen MR) is 38.7 cm³/mol. The molecule has 1 aromatic heterocycles. The average molecular weight is 242 g/mol. The summed E-state index contributed by atoms with van der Waals surface area (Å²) < 4.78 is 13.0. The van der Waals surface area contributed by atoms with Crippen molar-refractivity contribution in [1.29, 1.82) is 0 Å². The van der Waals surface area contributed by atoms with Crippen molar-refractivity contribution in [3.63, 3.8) is 0 Å². The van der Waals surface area contributed by atoms with Crippen LogP contribution in [-0.4, -0.2) is 9.94 Å². The van der Waals surface area contributed by atoms with Crippen LogP contribution in [-0.2, 0) is 0 Å². The van der Waals surface area contributed by atoms with Gasteiger partial charge < -0.3 is 10.9 Å². The number of hydrogen-bond donors (Lipinski definition) is 2. The quantitative estimate of drug-likeness (QED) is 0.527. The Balaban J connectivity index is 3.29. The molecule has 1 rings (SSSR count). The van der Waals surface area contributed by atoms with Crippen LogP contribution in [0.3, 0.4) is 0 Å². The van der Waals surface area contributed by atoms with Gasteiger partial charge in [-0.05, 0) is 28.7 Å². The zero-order valence-electron chi connectivity index (χ0n) is 4.31. The van der Waals surface area contributed by atoms with E-state index in [2.05, 4.69) is 0 Å². The van der Waals surface area contributed by atoms with Gasteiger partial charge in [-0.2, -0.15) is 4.39 Å². The van der Waals surface area contributed by atoms with Crippen molar-refractivity contribution < 1.29 is 9.60 Å². The normalized spacial score (nSPS) is 10.0. The molecular weight excluding hydrogens is 238 g/mol. The molecule has 0 fully saturated rings. The van der Waals surface area contributed by atoms with Crippen LogP contribution in [0.15, 0.2) is 6.07 Å². The van der Waals surface area contributed by atoms with Gasteiger partial charge in [-0.3, -0.25) is 0 Å². The molecule has 0 saturated carbocycles. The Morgan fingerprint density at radius 3 is 2.44 bits per heavy atom. The smallest absolute Gasteiger partial charge is 0.242 e. The lowest BCUT2D eigenvalue weighted by Crippen LogP contribution is -1.99. The molecule has 1 heterocycles. The number of anilines is 1. The van der Waals surface area contributed by atoms with Gasteiger partial charge in [0.1, 0.15) is 5.82 Å². The zero-order chi connectivity index (χ0) is 7.02. The molecule has 9 heavy (non-hydrogen) atoms. The standard InChI is InChI=1S/C4H4FIN2O/c5-4-2(6)1-3(7)8(4)9/h1,9H,7H2.